The van der Waals surface area contributed by atoms with Gasteiger partial charge in [-0.1, -0.05) is 12.1 Å². The zero-order chi connectivity index (χ0) is 12.5. The highest BCUT2D eigenvalue weighted by Crippen LogP contribution is 2.26. The lowest BCUT2D eigenvalue weighted by molar-refractivity contribution is 0.419. The average molecular weight is 240 g/mol. The average Bonchev–Trinajstić information content (AvgIpc) is 2.43. The molecule has 5 nitrogen and oxygen atoms in total. The van der Waals surface area contributed by atoms with Gasteiger partial charge in [0.1, 0.15) is 11.3 Å². The molecule has 3 aromatic rings. The fourth-order valence-electron chi connectivity index (χ4n) is 1.91. The fourth-order valence-corrected chi connectivity index (χ4v) is 1.91. The van der Waals surface area contributed by atoms with Crippen molar-refractivity contribution >= 4 is 27.9 Å². The largest absolute Gasteiger partial charge is 0.494 e. The van der Waals surface area contributed by atoms with E-state index in [1.165, 1.54) is 0 Å². The van der Waals surface area contributed by atoms with Crippen molar-refractivity contribution in [2.45, 2.75) is 0 Å². The van der Waals surface area contributed by atoms with Crippen LogP contribution in [0.2, 0.25) is 0 Å². The molecule has 18 heavy (non-hydrogen) atoms. The first-order valence-corrected chi connectivity index (χ1v) is 5.60. The quantitative estimate of drug-likeness (QED) is 0.696. The van der Waals surface area contributed by atoms with Crippen LogP contribution in [0.25, 0.3) is 21.9 Å². The number of methoxy groups -OCH3 is 1. The highest BCUT2D eigenvalue weighted by Gasteiger charge is 2.06. The van der Waals surface area contributed by atoms with Gasteiger partial charge >= 0.3 is 0 Å². The summed E-state index contributed by atoms with van der Waals surface area (Å²) in [6.07, 6.45) is 1.76. The molecule has 0 amide bonds. The smallest absolute Gasteiger partial charge is 0.224 e. The van der Waals surface area contributed by atoms with Crippen molar-refractivity contribution in [1.82, 2.24) is 15.0 Å². The fraction of sp³-hybridized carbons (Fsp3) is 0.154. The normalized spacial score (nSPS) is 10.8. The number of hydrogen-bond donors (Lipinski definition) is 1. The van der Waals surface area contributed by atoms with Crippen LogP contribution in [0.1, 0.15) is 0 Å². The summed E-state index contributed by atoms with van der Waals surface area (Å²) in [6, 6.07) is 7.84. The maximum absolute atomic E-state index is 5.31. The molecule has 0 aliphatic rings. The Morgan fingerprint density at radius 2 is 2.06 bits per heavy atom. The van der Waals surface area contributed by atoms with Gasteiger partial charge in [0, 0.05) is 24.0 Å². The first kappa shape index (κ1) is 10.7. The van der Waals surface area contributed by atoms with Crippen molar-refractivity contribution in [3.05, 3.63) is 30.5 Å². The molecule has 90 valence electrons. The summed E-state index contributed by atoms with van der Waals surface area (Å²) in [4.78, 5) is 13.1. The Labute approximate surface area is 104 Å². The van der Waals surface area contributed by atoms with E-state index in [1.54, 1.807) is 20.4 Å². The van der Waals surface area contributed by atoms with Gasteiger partial charge < -0.3 is 10.1 Å². The molecule has 0 fully saturated rings. The molecule has 0 saturated carbocycles. The number of anilines is 1. The van der Waals surface area contributed by atoms with Crippen LogP contribution in [0.4, 0.5) is 5.95 Å². The maximum Gasteiger partial charge on any atom is 0.224 e. The SMILES string of the molecule is CNc1ncc2cc3cccc(OC)c3nc2n1. The molecule has 2 aromatic heterocycles. The molecular weight excluding hydrogens is 228 g/mol. The molecule has 0 radical (unpaired) electrons. The van der Waals surface area contributed by atoms with Gasteiger partial charge in [0.2, 0.25) is 5.95 Å². The molecule has 0 spiro atoms. The second kappa shape index (κ2) is 4.10. The van der Waals surface area contributed by atoms with Gasteiger partial charge in [0.25, 0.3) is 0 Å². The van der Waals surface area contributed by atoms with Crippen LogP contribution in [0.15, 0.2) is 30.5 Å². The highest BCUT2D eigenvalue weighted by atomic mass is 16.5. The van der Waals surface area contributed by atoms with Crippen LogP contribution in [0, 0.1) is 0 Å². The Morgan fingerprint density at radius 1 is 1.17 bits per heavy atom. The predicted octanol–water partition coefficient (Wildman–Crippen LogP) is 2.23. The van der Waals surface area contributed by atoms with Crippen molar-refractivity contribution in [1.29, 1.82) is 0 Å². The molecule has 1 N–H and O–H groups in total. The summed E-state index contributed by atoms with van der Waals surface area (Å²) >= 11 is 0. The summed E-state index contributed by atoms with van der Waals surface area (Å²) < 4.78 is 5.31. The molecule has 0 unspecified atom stereocenters. The van der Waals surface area contributed by atoms with Crippen LogP contribution in [0.3, 0.4) is 0 Å². The van der Waals surface area contributed by atoms with Crippen molar-refractivity contribution in [2.24, 2.45) is 0 Å². The van der Waals surface area contributed by atoms with Crippen molar-refractivity contribution in [2.75, 3.05) is 19.5 Å². The topological polar surface area (TPSA) is 59.9 Å². The summed E-state index contributed by atoms with van der Waals surface area (Å²) in [5.74, 6) is 1.31. The Morgan fingerprint density at radius 3 is 2.83 bits per heavy atom. The molecule has 1 aromatic carbocycles. The molecular formula is C13H12N4O. The number of benzene rings is 1. The number of ether oxygens (including phenoxy) is 1. The Kier molecular flexibility index (Phi) is 2.44. The second-order valence-corrected chi connectivity index (χ2v) is 3.88. The Balaban J connectivity index is 2.36. The number of pyridine rings is 1. The van der Waals surface area contributed by atoms with Gasteiger partial charge in [0.05, 0.1) is 7.11 Å². The summed E-state index contributed by atoms with van der Waals surface area (Å²) in [5, 5.41) is 4.83. The number of para-hydroxylation sites is 1. The zero-order valence-electron chi connectivity index (χ0n) is 10.1. The molecule has 0 atom stereocenters. The number of hydrogen-bond acceptors (Lipinski definition) is 5. The summed E-state index contributed by atoms with van der Waals surface area (Å²) in [7, 11) is 3.42. The minimum absolute atomic E-state index is 0.559. The van der Waals surface area contributed by atoms with E-state index in [-0.39, 0.29) is 0 Å². The molecule has 0 aliphatic heterocycles. The van der Waals surface area contributed by atoms with Gasteiger partial charge in [-0.2, -0.15) is 4.98 Å². The van der Waals surface area contributed by atoms with Crippen LogP contribution < -0.4 is 10.1 Å². The van der Waals surface area contributed by atoms with Crippen LogP contribution >= 0.6 is 0 Å². The number of rotatable bonds is 2. The van der Waals surface area contributed by atoms with Crippen LogP contribution in [-0.2, 0) is 0 Å². The number of aromatic nitrogens is 3. The monoisotopic (exact) mass is 240 g/mol. The zero-order valence-corrected chi connectivity index (χ0v) is 10.1. The highest BCUT2D eigenvalue weighted by molar-refractivity contribution is 5.93. The van der Waals surface area contributed by atoms with E-state index >= 15 is 0 Å². The molecule has 0 aliphatic carbocycles. The van der Waals surface area contributed by atoms with E-state index in [4.69, 9.17) is 4.74 Å². The van der Waals surface area contributed by atoms with Gasteiger partial charge in [-0.05, 0) is 12.1 Å². The van der Waals surface area contributed by atoms with Crippen LogP contribution in [0.5, 0.6) is 5.75 Å². The lowest BCUT2D eigenvalue weighted by atomic mass is 10.2. The number of fused-ring (bicyclic) bond motifs is 2. The minimum atomic E-state index is 0.559. The molecule has 3 rings (SSSR count). The first-order valence-electron chi connectivity index (χ1n) is 5.60. The van der Waals surface area contributed by atoms with E-state index in [2.05, 4.69) is 20.3 Å². The first-order chi connectivity index (χ1) is 8.81. The van der Waals surface area contributed by atoms with E-state index in [0.717, 1.165) is 22.0 Å². The summed E-state index contributed by atoms with van der Waals surface area (Å²) in [6.45, 7) is 0. The summed E-state index contributed by atoms with van der Waals surface area (Å²) in [5.41, 5.74) is 1.47. The van der Waals surface area contributed by atoms with Gasteiger partial charge in [-0.25, -0.2) is 9.97 Å². The molecule has 2 heterocycles. The van der Waals surface area contributed by atoms with Crippen molar-refractivity contribution < 1.29 is 4.74 Å². The van der Waals surface area contributed by atoms with Crippen molar-refractivity contribution in [3.63, 3.8) is 0 Å². The van der Waals surface area contributed by atoms with E-state index < -0.39 is 0 Å². The maximum atomic E-state index is 5.31. The van der Waals surface area contributed by atoms with Gasteiger partial charge in [-0.15, -0.1) is 0 Å². The lowest BCUT2D eigenvalue weighted by Crippen LogP contribution is -1.97. The third kappa shape index (κ3) is 1.60. The predicted molar refractivity (Wildman–Crippen MR) is 70.9 cm³/mol. The molecule has 5 heteroatoms. The standard InChI is InChI=1S/C13H12N4O/c1-14-13-15-7-9-6-8-4-3-5-10(18-2)11(8)16-12(9)17-13/h3-7H,1-2H3,(H,14,15,16,17). The van der Waals surface area contributed by atoms with E-state index in [1.807, 2.05) is 24.3 Å². The Bertz CT molecular complexity index is 727. The number of nitrogens with zero attached hydrogens (tertiary/aromatic N) is 3. The van der Waals surface area contributed by atoms with Gasteiger partial charge in [0.15, 0.2) is 5.65 Å². The van der Waals surface area contributed by atoms with E-state index in [0.29, 0.717) is 11.6 Å². The van der Waals surface area contributed by atoms with Crippen molar-refractivity contribution in [3.8, 4) is 5.75 Å². The minimum Gasteiger partial charge on any atom is -0.494 e. The Hall–Kier alpha value is -2.43. The lowest BCUT2D eigenvalue weighted by Gasteiger charge is -2.06. The van der Waals surface area contributed by atoms with Gasteiger partial charge in [-0.3, -0.25) is 0 Å². The number of nitrogens with one attached hydrogen (secondary N) is 1. The molecule has 0 bridgehead atoms. The third-order valence-corrected chi connectivity index (χ3v) is 2.80. The second-order valence-electron chi connectivity index (χ2n) is 3.88. The van der Waals surface area contributed by atoms with E-state index in [9.17, 15) is 0 Å². The third-order valence-electron chi connectivity index (χ3n) is 2.80. The van der Waals surface area contributed by atoms with Crippen LogP contribution in [-0.4, -0.2) is 29.1 Å². The molecule has 0 saturated heterocycles.